The lowest BCUT2D eigenvalue weighted by Crippen LogP contribution is -2.37. The van der Waals surface area contributed by atoms with E-state index in [4.69, 9.17) is 9.47 Å². The van der Waals surface area contributed by atoms with E-state index in [-0.39, 0.29) is 23.6 Å². The predicted octanol–water partition coefficient (Wildman–Crippen LogP) is 6.40. The maximum Gasteiger partial charge on any atom is 0.340 e. The van der Waals surface area contributed by atoms with Crippen molar-refractivity contribution in [1.82, 2.24) is 5.32 Å². The Morgan fingerprint density at radius 1 is 1.00 bits per heavy atom. The minimum atomic E-state index is -0.674. The molecule has 0 saturated heterocycles. The summed E-state index contributed by atoms with van der Waals surface area (Å²) in [5.41, 5.74) is 2.59. The summed E-state index contributed by atoms with van der Waals surface area (Å²) in [4.78, 5) is 12.1. The van der Waals surface area contributed by atoms with Gasteiger partial charge in [-0.15, -0.1) is 0 Å². The van der Waals surface area contributed by atoms with Crippen LogP contribution in [0, 0.1) is 5.82 Å². The first-order chi connectivity index (χ1) is 17.1. The standard InChI is InChI=1S/C30H28FNO3/c1-19(22-13-7-10-20-9-3-4-11-23(20)22)32-18-21-17-27(24-12-5-6-16-28(24)35-21)25-14-8-15-26(29(25)31)30(33)34-2/h3-16,19,21,27,32H,17-18H2,1-2H3/t19-,21-,27-/m1/s1. The lowest BCUT2D eigenvalue weighted by molar-refractivity contribution is 0.0595. The molecule has 0 fully saturated rings. The smallest absolute Gasteiger partial charge is 0.340 e. The van der Waals surface area contributed by atoms with Crippen LogP contribution in [0.3, 0.4) is 0 Å². The topological polar surface area (TPSA) is 47.6 Å². The summed E-state index contributed by atoms with van der Waals surface area (Å²) in [7, 11) is 1.26. The molecule has 5 heteroatoms. The molecule has 4 nitrogen and oxygen atoms in total. The maximum atomic E-state index is 15.4. The van der Waals surface area contributed by atoms with Crippen LogP contribution in [0.25, 0.3) is 10.8 Å². The molecule has 1 aliphatic rings. The van der Waals surface area contributed by atoms with Crippen LogP contribution in [0.4, 0.5) is 4.39 Å². The molecule has 178 valence electrons. The number of para-hydroxylation sites is 1. The fourth-order valence-electron chi connectivity index (χ4n) is 5.05. The number of benzene rings is 4. The molecule has 1 heterocycles. The summed E-state index contributed by atoms with van der Waals surface area (Å²) in [5, 5.41) is 6.06. The van der Waals surface area contributed by atoms with Crippen molar-refractivity contribution in [2.75, 3.05) is 13.7 Å². The van der Waals surface area contributed by atoms with Crippen LogP contribution in [0.5, 0.6) is 5.75 Å². The summed E-state index contributed by atoms with van der Waals surface area (Å²) in [6.45, 7) is 2.75. The first-order valence-corrected chi connectivity index (χ1v) is 11.9. The SMILES string of the molecule is COC(=O)c1cccc([C@@H]2C[C@H](CN[C@H](C)c3cccc4ccccc34)Oc3ccccc32)c1F. The Morgan fingerprint density at radius 3 is 2.57 bits per heavy atom. The number of methoxy groups -OCH3 is 1. The molecule has 3 atom stereocenters. The Labute approximate surface area is 204 Å². The molecule has 1 aliphatic heterocycles. The third-order valence-electron chi connectivity index (χ3n) is 6.84. The molecule has 0 saturated carbocycles. The normalized spacial score (nSPS) is 17.9. The molecule has 4 aromatic rings. The first-order valence-electron chi connectivity index (χ1n) is 11.9. The molecule has 0 spiro atoms. The van der Waals surface area contributed by atoms with Gasteiger partial charge in [-0.05, 0) is 47.4 Å². The van der Waals surface area contributed by atoms with Crippen molar-refractivity contribution in [3.63, 3.8) is 0 Å². The largest absolute Gasteiger partial charge is 0.489 e. The highest BCUT2D eigenvalue weighted by atomic mass is 19.1. The van der Waals surface area contributed by atoms with Gasteiger partial charge in [-0.2, -0.15) is 0 Å². The summed E-state index contributed by atoms with van der Waals surface area (Å²) in [6, 6.07) is 27.5. The van der Waals surface area contributed by atoms with Crippen LogP contribution < -0.4 is 10.1 Å². The van der Waals surface area contributed by atoms with E-state index in [1.165, 1.54) is 29.5 Å². The highest BCUT2D eigenvalue weighted by Gasteiger charge is 2.32. The van der Waals surface area contributed by atoms with Crippen LogP contribution in [0.1, 0.15) is 52.4 Å². The average molecular weight is 470 g/mol. The molecule has 0 aromatic heterocycles. The van der Waals surface area contributed by atoms with Crippen LogP contribution in [0.15, 0.2) is 84.9 Å². The van der Waals surface area contributed by atoms with E-state index in [0.29, 0.717) is 18.5 Å². The monoisotopic (exact) mass is 469 g/mol. The highest BCUT2D eigenvalue weighted by molar-refractivity contribution is 5.90. The zero-order valence-electron chi connectivity index (χ0n) is 19.8. The third kappa shape index (κ3) is 4.52. The molecule has 0 aliphatic carbocycles. The summed E-state index contributed by atoms with van der Waals surface area (Å²) in [5.74, 6) is -0.691. The number of carbonyl (C=O) groups excluding carboxylic acids is 1. The van der Waals surface area contributed by atoms with E-state index in [0.717, 1.165) is 11.3 Å². The molecule has 4 aromatic carbocycles. The van der Waals surface area contributed by atoms with E-state index in [2.05, 4.69) is 48.6 Å². The van der Waals surface area contributed by atoms with Gasteiger partial charge in [0.15, 0.2) is 0 Å². The van der Waals surface area contributed by atoms with E-state index < -0.39 is 11.8 Å². The van der Waals surface area contributed by atoms with Crippen molar-refractivity contribution in [3.8, 4) is 5.75 Å². The highest BCUT2D eigenvalue weighted by Crippen LogP contribution is 2.41. The van der Waals surface area contributed by atoms with E-state index in [9.17, 15) is 4.79 Å². The van der Waals surface area contributed by atoms with Gasteiger partial charge in [0.05, 0.1) is 12.7 Å². The number of hydrogen-bond acceptors (Lipinski definition) is 4. The van der Waals surface area contributed by atoms with Gasteiger partial charge in [0.2, 0.25) is 0 Å². The molecule has 5 rings (SSSR count). The fraction of sp³-hybridized carbons (Fsp3) is 0.233. The predicted molar refractivity (Wildman–Crippen MR) is 135 cm³/mol. The molecular formula is C30H28FNO3. The number of fused-ring (bicyclic) bond motifs is 2. The number of ether oxygens (including phenoxy) is 2. The van der Waals surface area contributed by atoms with Gasteiger partial charge in [-0.25, -0.2) is 9.18 Å². The average Bonchev–Trinajstić information content (AvgIpc) is 2.90. The van der Waals surface area contributed by atoms with Gasteiger partial charge in [0.1, 0.15) is 17.7 Å². The van der Waals surface area contributed by atoms with E-state index >= 15 is 4.39 Å². The van der Waals surface area contributed by atoms with Gasteiger partial charge < -0.3 is 14.8 Å². The number of halogens is 1. The summed E-state index contributed by atoms with van der Waals surface area (Å²) >= 11 is 0. The Morgan fingerprint density at radius 2 is 1.71 bits per heavy atom. The lowest BCUT2D eigenvalue weighted by Gasteiger charge is -2.33. The van der Waals surface area contributed by atoms with Crippen LogP contribution in [0.2, 0.25) is 0 Å². The number of esters is 1. The van der Waals surface area contributed by atoms with Crippen molar-refractivity contribution in [2.24, 2.45) is 0 Å². The molecule has 0 bridgehead atoms. The molecule has 0 unspecified atom stereocenters. The second-order valence-corrected chi connectivity index (χ2v) is 8.96. The van der Waals surface area contributed by atoms with Crippen molar-refractivity contribution in [3.05, 3.63) is 113 Å². The van der Waals surface area contributed by atoms with Gasteiger partial charge in [0, 0.05) is 24.1 Å². The minimum Gasteiger partial charge on any atom is -0.489 e. The van der Waals surface area contributed by atoms with Crippen molar-refractivity contribution < 1.29 is 18.7 Å². The minimum absolute atomic E-state index is 0.0479. The summed E-state index contributed by atoms with van der Waals surface area (Å²) in [6.07, 6.45) is 0.432. The Bertz CT molecular complexity index is 1360. The Hall–Kier alpha value is -3.70. The number of nitrogens with one attached hydrogen (secondary N) is 1. The lowest BCUT2D eigenvalue weighted by atomic mass is 9.83. The van der Waals surface area contributed by atoms with Gasteiger partial charge in [0.25, 0.3) is 0 Å². The van der Waals surface area contributed by atoms with Gasteiger partial charge in [-0.3, -0.25) is 0 Å². The quantitative estimate of drug-likeness (QED) is 0.332. The fourth-order valence-corrected chi connectivity index (χ4v) is 5.05. The maximum absolute atomic E-state index is 15.4. The zero-order chi connectivity index (χ0) is 24.4. The van der Waals surface area contributed by atoms with Crippen LogP contribution in [-0.2, 0) is 4.74 Å². The van der Waals surface area contributed by atoms with Crippen LogP contribution in [-0.4, -0.2) is 25.7 Å². The molecule has 35 heavy (non-hydrogen) atoms. The molecular weight excluding hydrogens is 441 g/mol. The Kier molecular flexibility index (Phi) is 6.51. The first kappa shape index (κ1) is 23.1. The number of hydrogen-bond donors (Lipinski definition) is 1. The zero-order valence-corrected chi connectivity index (χ0v) is 19.8. The number of carbonyl (C=O) groups is 1. The van der Waals surface area contributed by atoms with Gasteiger partial charge in [-0.1, -0.05) is 72.8 Å². The summed E-state index contributed by atoms with van der Waals surface area (Å²) < 4.78 is 26.5. The van der Waals surface area contributed by atoms with E-state index in [1.54, 1.807) is 12.1 Å². The second-order valence-electron chi connectivity index (χ2n) is 8.96. The van der Waals surface area contributed by atoms with Crippen molar-refractivity contribution >= 4 is 16.7 Å². The molecule has 0 amide bonds. The molecule has 1 N–H and O–H groups in total. The second kappa shape index (κ2) is 9.88. The van der Waals surface area contributed by atoms with Crippen LogP contribution >= 0.6 is 0 Å². The van der Waals surface area contributed by atoms with Crippen molar-refractivity contribution in [2.45, 2.75) is 31.4 Å². The van der Waals surface area contributed by atoms with Crippen molar-refractivity contribution in [1.29, 1.82) is 0 Å². The van der Waals surface area contributed by atoms with E-state index in [1.807, 2.05) is 30.3 Å². The van der Waals surface area contributed by atoms with Gasteiger partial charge >= 0.3 is 5.97 Å². The number of rotatable bonds is 6. The third-order valence-corrected chi connectivity index (χ3v) is 6.84. The Balaban J connectivity index is 1.40. The molecule has 0 radical (unpaired) electrons.